The number of aromatic nitrogens is 4. The Bertz CT molecular complexity index is 1230. The molecule has 31 heavy (non-hydrogen) atoms. The molecule has 3 heterocycles. The molecule has 0 radical (unpaired) electrons. The summed E-state index contributed by atoms with van der Waals surface area (Å²) in [6.07, 6.45) is 6.43. The van der Waals surface area contributed by atoms with E-state index < -0.39 is 10.8 Å². The van der Waals surface area contributed by atoms with Crippen LogP contribution in [-0.4, -0.2) is 30.6 Å². The number of non-ortho nitro benzene ring substituents is 1. The Balaban J connectivity index is 1.48. The van der Waals surface area contributed by atoms with Crippen LogP contribution in [-0.2, 0) is 6.61 Å². The fourth-order valence-electron chi connectivity index (χ4n) is 2.75. The number of hydrogen-bond donors (Lipinski definition) is 1. The van der Waals surface area contributed by atoms with Crippen LogP contribution in [0.2, 0.25) is 0 Å². The van der Waals surface area contributed by atoms with Crippen LogP contribution in [0.1, 0.15) is 16.1 Å². The van der Waals surface area contributed by atoms with Gasteiger partial charge in [-0.1, -0.05) is 6.07 Å². The van der Waals surface area contributed by atoms with Crippen molar-refractivity contribution in [3.8, 4) is 11.4 Å². The molecule has 0 aliphatic carbocycles. The van der Waals surface area contributed by atoms with Crippen LogP contribution in [0.15, 0.2) is 79.4 Å². The van der Waals surface area contributed by atoms with Crippen LogP contribution in [0, 0.1) is 10.1 Å². The van der Waals surface area contributed by atoms with Crippen LogP contribution in [0.5, 0.6) is 5.75 Å². The Morgan fingerprint density at radius 3 is 2.74 bits per heavy atom. The summed E-state index contributed by atoms with van der Waals surface area (Å²) in [5.41, 5.74) is 1.44. The van der Waals surface area contributed by atoms with Crippen LogP contribution in [0.25, 0.3) is 5.69 Å². The van der Waals surface area contributed by atoms with Crippen molar-refractivity contribution in [3.05, 3.63) is 101 Å². The first-order valence-corrected chi connectivity index (χ1v) is 9.19. The van der Waals surface area contributed by atoms with Crippen molar-refractivity contribution in [2.75, 3.05) is 5.32 Å². The van der Waals surface area contributed by atoms with Gasteiger partial charge in [-0.2, -0.15) is 5.10 Å². The lowest BCUT2D eigenvalue weighted by Crippen LogP contribution is -2.15. The summed E-state index contributed by atoms with van der Waals surface area (Å²) in [7, 11) is 0. The highest BCUT2D eigenvalue weighted by Crippen LogP contribution is 2.23. The van der Waals surface area contributed by atoms with Crippen molar-refractivity contribution < 1.29 is 14.5 Å². The number of nitro benzene ring substituents is 1. The average molecular weight is 416 g/mol. The van der Waals surface area contributed by atoms with Gasteiger partial charge in [0.1, 0.15) is 6.61 Å². The minimum absolute atomic E-state index is 0.0662. The monoisotopic (exact) mass is 416 g/mol. The lowest BCUT2D eigenvalue weighted by Gasteiger charge is -2.11. The third-order valence-corrected chi connectivity index (χ3v) is 4.27. The molecule has 1 amide bonds. The average Bonchev–Trinajstić information content (AvgIpc) is 3.30. The SMILES string of the molecule is O=C(Nc1ncccc1OCc1ccncc1)c1ccn(-c2cccc([N+](=O)[O-])c2)n1. The Morgan fingerprint density at radius 1 is 1.10 bits per heavy atom. The van der Waals surface area contributed by atoms with Gasteiger partial charge in [-0.3, -0.25) is 19.9 Å². The van der Waals surface area contributed by atoms with Crippen molar-refractivity contribution in [1.29, 1.82) is 0 Å². The molecule has 0 atom stereocenters. The molecule has 4 aromatic rings. The summed E-state index contributed by atoms with van der Waals surface area (Å²) in [5, 5.41) is 17.9. The van der Waals surface area contributed by atoms with Gasteiger partial charge in [-0.05, 0) is 42.0 Å². The number of nitro groups is 1. The highest BCUT2D eigenvalue weighted by atomic mass is 16.6. The third-order valence-electron chi connectivity index (χ3n) is 4.27. The van der Waals surface area contributed by atoms with E-state index in [4.69, 9.17) is 4.74 Å². The lowest BCUT2D eigenvalue weighted by atomic mass is 10.3. The molecule has 10 heteroatoms. The van der Waals surface area contributed by atoms with E-state index in [1.165, 1.54) is 29.1 Å². The van der Waals surface area contributed by atoms with E-state index in [0.717, 1.165) is 5.56 Å². The number of nitrogens with zero attached hydrogens (tertiary/aromatic N) is 5. The minimum Gasteiger partial charge on any atom is -0.485 e. The van der Waals surface area contributed by atoms with Gasteiger partial charge in [0.15, 0.2) is 17.3 Å². The number of hydrogen-bond acceptors (Lipinski definition) is 7. The maximum Gasteiger partial charge on any atom is 0.277 e. The fourth-order valence-corrected chi connectivity index (χ4v) is 2.75. The Morgan fingerprint density at radius 2 is 1.94 bits per heavy atom. The van der Waals surface area contributed by atoms with E-state index in [2.05, 4.69) is 20.4 Å². The molecule has 0 unspecified atom stereocenters. The van der Waals surface area contributed by atoms with Gasteiger partial charge < -0.3 is 10.1 Å². The Labute approximate surface area is 176 Å². The number of anilines is 1. The predicted octanol–water partition coefficient (Wildman–Crippen LogP) is 3.40. The van der Waals surface area contributed by atoms with E-state index in [1.807, 2.05) is 12.1 Å². The lowest BCUT2D eigenvalue weighted by molar-refractivity contribution is -0.384. The molecule has 4 rings (SSSR count). The van der Waals surface area contributed by atoms with Crippen molar-refractivity contribution in [1.82, 2.24) is 19.7 Å². The van der Waals surface area contributed by atoms with Crippen molar-refractivity contribution in [2.45, 2.75) is 6.61 Å². The number of benzene rings is 1. The zero-order valence-corrected chi connectivity index (χ0v) is 16.1. The summed E-state index contributed by atoms with van der Waals surface area (Å²) in [4.78, 5) is 31.3. The molecule has 0 aliphatic heterocycles. The van der Waals surface area contributed by atoms with Crippen molar-refractivity contribution in [2.24, 2.45) is 0 Å². The second-order valence-corrected chi connectivity index (χ2v) is 6.37. The first-order chi connectivity index (χ1) is 15.1. The summed E-state index contributed by atoms with van der Waals surface area (Å²) in [6, 6.07) is 14.5. The van der Waals surface area contributed by atoms with Crippen LogP contribution >= 0.6 is 0 Å². The molecule has 154 valence electrons. The zero-order valence-electron chi connectivity index (χ0n) is 16.1. The van der Waals surface area contributed by atoms with Gasteiger partial charge in [-0.25, -0.2) is 9.67 Å². The molecule has 1 N–H and O–H groups in total. The molecule has 0 saturated heterocycles. The van der Waals surface area contributed by atoms with Gasteiger partial charge in [0.05, 0.1) is 10.6 Å². The summed E-state index contributed by atoms with van der Waals surface area (Å²) in [6.45, 7) is 0.290. The van der Waals surface area contributed by atoms with E-state index in [9.17, 15) is 14.9 Å². The molecule has 0 bridgehead atoms. The number of carbonyl (C=O) groups excluding carboxylic acids is 1. The molecule has 0 fully saturated rings. The smallest absolute Gasteiger partial charge is 0.277 e. The van der Waals surface area contributed by atoms with E-state index in [1.54, 1.807) is 42.9 Å². The van der Waals surface area contributed by atoms with Crippen molar-refractivity contribution in [3.63, 3.8) is 0 Å². The fraction of sp³-hybridized carbons (Fsp3) is 0.0476. The summed E-state index contributed by atoms with van der Waals surface area (Å²) in [5.74, 6) is 0.175. The second-order valence-electron chi connectivity index (χ2n) is 6.37. The van der Waals surface area contributed by atoms with Gasteiger partial charge in [0.2, 0.25) is 0 Å². The standard InChI is InChI=1S/C21H16N6O4/c28-21(18-8-12-26(25-18)16-3-1-4-17(13-16)27(29)30)24-20-19(5-2-9-23-20)31-14-15-6-10-22-11-7-15/h1-13H,14H2,(H,23,24,28). The topological polar surface area (TPSA) is 125 Å². The highest BCUT2D eigenvalue weighted by molar-refractivity contribution is 6.03. The molecule has 3 aromatic heterocycles. The molecule has 1 aromatic carbocycles. The van der Waals surface area contributed by atoms with E-state index in [0.29, 0.717) is 18.0 Å². The molecule has 10 nitrogen and oxygen atoms in total. The first-order valence-electron chi connectivity index (χ1n) is 9.19. The molecule has 0 aliphatic rings. The molecule has 0 saturated carbocycles. The number of ether oxygens (including phenoxy) is 1. The molecule has 0 spiro atoms. The zero-order chi connectivity index (χ0) is 21.6. The highest BCUT2D eigenvalue weighted by Gasteiger charge is 2.15. The summed E-state index contributed by atoms with van der Waals surface area (Å²) < 4.78 is 7.17. The number of nitrogens with one attached hydrogen (secondary N) is 1. The molecular formula is C21H16N6O4. The third kappa shape index (κ3) is 4.70. The molecular weight excluding hydrogens is 400 g/mol. The van der Waals surface area contributed by atoms with Crippen LogP contribution in [0.4, 0.5) is 11.5 Å². The van der Waals surface area contributed by atoms with Gasteiger partial charge in [-0.15, -0.1) is 0 Å². The van der Waals surface area contributed by atoms with Crippen molar-refractivity contribution >= 4 is 17.4 Å². The number of rotatable bonds is 7. The van der Waals surface area contributed by atoms with E-state index in [-0.39, 0.29) is 17.2 Å². The van der Waals surface area contributed by atoms with Gasteiger partial charge in [0, 0.05) is 36.9 Å². The van der Waals surface area contributed by atoms with E-state index >= 15 is 0 Å². The predicted molar refractivity (Wildman–Crippen MR) is 111 cm³/mol. The van der Waals surface area contributed by atoms with Gasteiger partial charge >= 0.3 is 0 Å². The van der Waals surface area contributed by atoms with Crippen LogP contribution < -0.4 is 10.1 Å². The largest absolute Gasteiger partial charge is 0.485 e. The van der Waals surface area contributed by atoms with Crippen LogP contribution in [0.3, 0.4) is 0 Å². The normalized spacial score (nSPS) is 10.5. The first kappa shape index (κ1) is 19.7. The Kier molecular flexibility index (Phi) is 5.61. The quantitative estimate of drug-likeness (QED) is 0.361. The maximum atomic E-state index is 12.7. The minimum atomic E-state index is -0.491. The number of pyridine rings is 2. The summed E-state index contributed by atoms with van der Waals surface area (Å²) >= 11 is 0. The second kappa shape index (κ2) is 8.82. The maximum absolute atomic E-state index is 12.7. The Hall–Kier alpha value is -4.60. The number of amides is 1. The van der Waals surface area contributed by atoms with Gasteiger partial charge in [0.25, 0.3) is 11.6 Å². The number of carbonyl (C=O) groups is 1.